The van der Waals surface area contributed by atoms with E-state index in [1.807, 2.05) is 18.2 Å². The first-order valence-corrected chi connectivity index (χ1v) is 5.91. The van der Waals surface area contributed by atoms with Crippen molar-refractivity contribution in [2.75, 3.05) is 44.4 Å². The molecule has 2 N–H and O–H groups in total. The molecule has 0 spiro atoms. The van der Waals surface area contributed by atoms with Crippen LogP contribution in [0.1, 0.15) is 6.42 Å². The fourth-order valence-electron chi connectivity index (χ4n) is 2.50. The van der Waals surface area contributed by atoms with Crippen LogP contribution >= 0.6 is 0 Å². The number of nitrogens with zero attached hydrogens (tertiary/aromatic N) is 2. The molecule has 16 heavy (non-hydrogen) atoms. The van der Waals surface area contributed by atoms with Crippen LogP contribution in [-0.4, -0.2) is 38.6 Å². The molecule has 1 heterocycles. The normalized spacial score (nSPS) is 21.2. The van der Waals surface area contributed by atoms with Crippen molar-refractivity contribution < 1.29 is 0 Å². The van der Waals surface area contributed by atoms with Crippen molar-refractivity contribution >= 4 is 11.4 Å². The summed E-state index contributed by atoms with van der Waals surface area (Å²) in [5.74, 6) is 0.773. The van der Waals surface area contributed by atoms with Gasteiger partial charge in [0, 0.05) is 20.1 Å². The van der Waals surface area contributed by atoms with E-state index in [1.54, 1.807) is 0 Å². The second-order valence-electron chi connectivity index (χ2n) is 4.86. The van der Waals surface area contributed by atoms with Gasteiger partial charge in [-0.2, -0.15) is 0 Å². The van der Waals surface area contributed by atoms with Gasteiger partial charge in [-0.1, -0.05) is 12.1 Å². The van der Waals surface area contributed by atoms with Gasteiger partial charge in [-0.25, -0.2) is 0 Å². The van der Waals surface area contributed by atoms with Crippen LogP contribution in [0, 0.1) is 5.92 Å². The van der Waals surface area contributed by atoms with Crippen LogP contribution in [0.4, 0.5) is 11.4 Å². The summed E-state index contributed by atoms with van der Waals surface area (Å²) in [5, 5.41) is 0. The van der Waals surface area contributed by atoms with Crippen molar-refractivity contribution in [1.29, 1.82) is 0 Å². The van der Waals surface area contributed by atoms with Crippen LogP contribution in [0.5, 0.6) is 0 Å². The van der Waals surface area contributed by atoms with Crippen LogP contribution < -0.4 is 10.6 Å². The Kier molecular flexibility index (Phi) is 3.34. The van der Waals surface area contributed by atoms with Gasteiger partial charge in [-0.05, 0) is 38.1 Å². The van der Waals surface area contributed by atoms with Gasteiger partial charge in [-0.15, -0.1) is 0 Å². The van der Waals surface area contributed by atoms with E-state index in [2.05, 4.69) is 30.0 Å². The van der Waals surface area contributed by atoms with Crippen molar-refractivity contribution in [2.24, 2.45) is 5.92 Å². The Morgan fingerprint density at radius 3 is 2.81 bits per heavy atom. The first-order valence-electron chi connectivity index (χ1n) is 5.91. The molecule has 3 heteroatoms. The molecule has 0 aliphatic carbocycles. The molecule has 1 unspecified atom stereocenters. The topological polar surface area (TPSA) is 32.5 Å². The molecule has 1 fully saturated rings. The molecule has 0 saturated carbocycles. The van der Waals surface area contributed by atoms with E-state index >= 15 is 0 Å². The number of anilines is 2. The molecule has 2 rings (SSSR count). The highest BCUT2D eigenvalue weighted by atomic mass is 15.2. The molecule has 0 bridgehead atoms. The fraction of sp³-hybridized carbons (Fsp3) is 0.538. The Labute approximate surface area is 97.8 Å². The molecule has 0 aromatic heterocycles. The third-order valence-electron chi connectivity index (χ3n) is 3.37. The SMILES string of the molecule is CN1CCC(CN(C)c2ccccc2N)C1. The molecule has 1 aromatic carbocycles. The molecule has 1 saturated heterocycles. The monoisotopic (exact) mass is 219 g/mol. The Hall–Kier alpha value is -1.22. The van der Waals surface area contributed by atoms with E-state index in [0.717, 1.165) is 23.8 Å². The lowest BCUT2D eigenvalue weighted by Gasteiger charge is -2.24. The number of para-hydroxylation sites is 2. The Morgan fingerprint density at radius 1 is 1.44 bits per heavy atom. The maximum absolute atomic E-state index is 5.97. The summed E-state index contributed by atoms with van der Waals surface area (Å²) in [7, 11) is 4.32. The molecular weight excluding hydrogens is 198 g/mol. The van der Waals surface area contributed by atoms with Gasteiger partial charge in [0.25, 0.3) is 0 Å². The van der Waals surface area contributed by atoms with Crippen LogP contribution in [0.25, 0.3) is 0 Å². The van der Waals surface area contributed by atoms with Gasteiger partial charge in [0.05, 0.1) is 11.4 Å². The van der Waals surface area contributed by atoms with E-state index in [4.69, 9.17) is 5.73 Å². The van der Waals surface area contributed by atoms with E-state index < -0.39 is 0 Å². The lowest BCUT2D eigenvalue weighted by atomic mass is 10.1. The number of hydrogen-bond acceptors (Lipinski definition) is 3. The predicted molar refractivity (Wildman–Crippen MR) is 69.7 cm³/mol. The van der Waals surface area contributed by atoms with Gasteiger partial charge in [0.1, 0.15) is 0 Å². The summed E-state index contributed by atoms with van der Waals surface area (Å²) >= 11 is 0. The maximum atomic E-state index is 5.97. The summed E-state index contributed by atoms with van der Waals surface area (Å²) < 4.78 is 0. The second-order valence-corrected chi connectivity index (χ2v) is 4.86. The highest BCUT2D eigenvalue weighted by molar-refractivity contribution is 5.66. The predicted octanol–water partition coefficient (Wildman–Crippen LogP) is 1.66. The number of nitrogens with two attached hydrogens (primary N) is 1. The van der Waals surface area contributed by atoms with E-state index in [9.17, 15) is 0 Å². The third-order valence-corrected chi connectivity index (χ3v) is 3.37. The number of benzene rings is 1. The zero-order valence-electron chi connectivity index (χ0n) is 10.2. The summed E-state index contributed by atoms with van der Waals surface area (Å²) in [4.78, 5) is 4.67. The largest absolute Gasteiger partial charge is 0.397 e. The summed E-state index contributed by atoms with van der Waals surface area (Å²) in [6, 6.07) is 8.08. The van der Waals surface area contributed by atoms with Gasteiger partial charge >= 0.3 is 0 Å². The standard InChI is InChI=1S/C13H21N3/c1-15-8-7-11(9-15)10-16(2)13-6-4-3-5-12(13)14/h3-6,11H,7-10,14H2,1-2H3. The zero-order chi connectivity index (χ0) is 11.5. The van der Waals surface area contributed by atoms with Gasteiger partial charge in [0.15, 0.2) is 0 Å². The highest BCUT2D eigenvalue weighted by Crippen LogP contribution is 2.24. The molecule has 0 amide bonds. The lowest BCUT2D eigenvalue weighted by Crippen LogP contribution is -2.27. The summed E-state index contributed by atoms with van der Waals surface area (Å²) in [5.41, 5.74) is 7.99. The molecule has 3 nitrogen and oxygen atoms in total. The van der Waals surface area contributed by atoms with Gasteiger partial charge in [0.2, 0.25) is 0 Å². The average molecular weight is 219 g/mol. The summed E-state index contributed by atoms with van der Waals surface area (Å²) in [6.07, 6.45) is 1.30. The van der Waals surface area contributed by atoms with Crippen molar-refractivity contribution in [3.63, 3.8) is 0 Å². The average Bonchev–Trinajstić information content (AvgIpc) is 2.64. The second kappa shape index (κ2) is 4.74. The third kappa shape index (κ3) is 2.47. The van der Waals surface area contributed by atoms with E-state index in [-0.39, 0.29) is 0 Å². The molecule has 1 atom stereocenters. The molecule has 1 aliphatic rings. The first kappa shape index (κ1) is 11.3. The van der Waals surface area contributed by atoms with Crippen LogP contribution in [-0.2, 0) is 0 Å². The molecule has 1 aromatic rings. The first-order chi connectivity index (χ1) is 7.66. The Bertz CT molecular complexity index is 351. The molecular formula is C13H21N3. The minimum atomic E-state index is 0.773. The number of nitrogen functional groups attached to an aromatic ring is 1. The van der Waals surface area contributed by atoms with Crippen molar-refractivity contribution in [3.8, 4) is 0 Å². The van der Waals surface area contributed by atoms with Crippen molar-refractivity contribution in [3.05, 3.63) is 24.3 Å². The van der Waals surface area contributed by atoms with E-state index in [1.165, 1.54) is 19.5 Å². The summed E-state index contributed by atoms with van der Waals surface area (Å²) in [6.45, 7) is 3.53. The van der Waals surface area contributed by atoms with Gasteiger partial charge in [-0.3, -0.25) is 0 Å². The molecule has 0 radical (unpaired) electrons. The van der Waals surface area contributed by atoms with Crippen LogP contribution in [0.3, 0.4) is 0 Å². The minimum Gasteiger partial charge on any atom is -0.397 e. The Balaban J connectivity index is 1.98. The van der Waals surface area contributed by atoms with Gasteiger partial charge < -0.3 is 15.5 Å². The molecule has 1 aliphatic heterocycles. The lowest BCUT2D eigenvalue weighted by molar-refractivity contribution is 0.396. The maximum Gasteiger partial charge on any atom is 0.0597 e. The smallest absolute Gasteiger partial charge is 0.0597 e. The Morgan fingerprint density at radius 2 is 2.19 bits per heavy atom. The van der Waals surface area contributed by atoms with E-state index in [0.29, 0.717) is 0 Å². The number of hydrogen-bond donors (Lipinski definition) is 1. The highest BCUT2D eigenvalue weighted by Gasteiger charge is 2.21. The minimum absolute atomic E-state index is 0.773. The molecule has 88 valence electrons. The number of rotatable bonds is 3. The van der Waals surface area contributed by atoms with Crippen molar-refractivity contribution in [2.45, 2.75) is 6.42 Å². The van der Waals surface area contributed by atoms with Crippen LogP contribution in [0.2, 0.25) is 0 Å². The van der Waals surface area contributed by atoms with Crippen LogP contribution in [0.15, 0.2) is 24.3 Å². The quantitative estimate of drug-likeness (QED) is 0.785. The fourth-order valence-corrected chi connectivity index (χ4v) is 2.50. The zero-order valence-corrected chi connectivity index (χ0v) is 10.2. The van der Waals surface area contributed by atoms with Crippen molar-refractivity contribution in [1.82, 2.24) is 4.90 Å². The number of likely N-dealkylation sites (tertiary alicyclic amines) is 1.